The average Bonchev–Trinajstić information content (AvgIpc) is 2.62. The molecule has 0 amide bonds. The predicted molar refractivity (Wildman–Crippen MR) is 101 cm³/mol. The fourth-order valence-electron chi connectivity index (χ4n) is 3.31. The smallest absolute Gasteiger partial charge is 0.214 e. The van der Waals surface area contributed by atoms with Gasteiger partial charge in [0.1, 0.15) is 0 Å². The zero-order valence-electron chi connectivity index (χ0n) is 14.8. The zero-order chi connectivity index (χ0) is 17.9. The number of hydrogen-bond acceptors (Lipinski definition) is 5. The lowest BCUT2D eigenvalue weighted by Gasteiger charge is -2.36. The topological polar surface area (TPSA) is 62.7 Å². The number of fused-ring (bicyclic) bond motifs is 1. The average molecular weight is 363 g/mol. The molecular formula is C18H25N3O3S. The molecule has 6 nitrogen and oxygen atoms in total. The number of ether oxygens (including phenoxy) is 1. The first-order chi connectivity index (χ1) is 12.0. The van der Waals surface area contributed by atoms with Gasteiger partial charge in [-0.1, -0.05) is 18.2 Å². The minimum Gasteiger partial charge on any atom is -0.385 e. The van der Waals surface area contributed by atoms with Crippen LogP contribution in [0.15, 0.2) is 30.5 Å². The molecule has 0 atom stereocenters. The Morgan fingerprint density at radius 1 is 1.16 bits per heavy atom. The van der Waals surface area contributed by atoms with Crippen LogP contribution in [0.25, 0.3) is 10.9 Å². The van der Waals surface area contributed by atoms with Crippen LogP contribution >= 0.6 is 0 Å². The van der Waals surface area contributed by atoms with Crippen LogP contribution in [-0.4, -0.2) is 63.4 Å². The number of pyridine rings is 1. The van der Waals surface area contributed by atoms with Gasteiger partial charge in [0.15, 0.2) is 0 Å². The summed E-state index contributed by atoms with van der Waals surface area (Å²) in [6.07, 6.45) is 2.37. The Hall–Kier alpha value is -1.70. The lowest BCUT2D eigenvalue weighted by atomic mass is 10.1. The molecule has 3 rings (SSSR count). The molecule has 7 heteroatoms. The van der Waals surface area contributed by atoms with Crippen LogP contribution in [0, 0.1) is 6.92 Å². The Bertz CT molecular complexity index is 831. The maximum atomic E-state index is 12.4. The number of nitrogens with zero attached hydrogens (tertiary/aromatic N) is 3. The normalized spacial score (nSPS) is 16.5. The molecule has 0 spiro atoms. The summed E-state index contributed by atoms with van der Waals surface area (Å²) < 4.78 is 31.4. The number of benzene rings is 1. The summed E-state index contributed by atoms with van der Waals surface area (Å²) in [5, 5.41) is 1.12. The van der Waals surface area contributed by atoms with Crippen molar-refractivity contribution in [1.82, 2.24) is 9.29 Å². The SMILES string of the molecule is COCCCS(=O)(=O)N1CCN(c2ccnc3c(C)cccc23)CC1. The van der Waals surface area contributed by atoms with Gasteiger partial charge in [0, 0.05) is 57.2 Å². The second-order valence-corrected chi connectivity index (χ2v) is 8.44. The highest BCUT2D eigenvalue weighted by atomic mass is 32.2. The van der Waals surface area contributed by atoms with E-state index in [1.165, 1.54) is 0 Å². The van der Waals surface area contributed by atoms with Crippen molar-refractivity contribution in [3.8, 4) is 0 Å². The standard InChI is InChI=1S/C18H25N3O3S/c1-15-5-3-6-16-17(7-8-19-18(15)16)20-9-11-21(12-10-20)25(22,23)14-4-13-24-2/h3,5-8H,4,9-14H2,1-2H3. The summed E-state index contributed by atoms with van der Waals surface area (Å²) in [5.74, 6) is 0.151. The molecule has 1 aliphatic heterocycles. The fraction of sp³-hybridized carbons (Fsp3) is 0.500. The van der Waals surface area contributed by atoms with E-state index in [1.54, 1.807) is 11.4 Å². The first-order valence-electron chi connectivity index (χ1n) is 8.59. The van der Waals surface area contributed by atoms with Crippen molar-refractivity contribution in [2.24, 2.45) is 0 Å². The minimum absolute atomic E-state index is 0.151. The first kappa shape index (κ1) is 18.1. The maximum Gasteiger partial charge on any atom is 0.214 e. The molecule has 25 heavy (non-hydrogen) atoms. The number of hydrogen-bond donors (Lipinski definition) is 0. The molecular weight excluding hydrogens is 338 g/mol. The highest BCUT2D eigenvalue weighted by Crippen LogP contribution is 2.28. The Morgan fingerprint density at radius 3 is 2.64 bits per heavy atom. The molecule has 0 bridgehead atoms. The summed E-state index contributed by atoms with van der Waals surface area (Å²) in [6.45, 7) is 4.95. The molecule has 0 aliphatic carbocycles. The molecule has 136 valence electrons. The molecule has 1 saturated heterocycles. The van der Waals surface area contributed by atoms with Crippen molar-refractivity contribution >= 4 is 26.6 Å². The molecule has 0 saturated carbocycles. The monoisotopic (exact) mass is 363 g/mol. The van der Waals surface area contributed by atoms with Crippen molar-refractivity contribution in [1.29, 1.82) is 0 Å². The Kier molecular flexibility index (Phi) is 5.56. The summed E-state index contributed by atoms with van der Waals surface area (Å²) >= 11 is 0. The number of aromatic nitrogens is 1. The second-order valence-electron chi connectivity index (χ2n) is 6.35. The molecule has 1 aromatic carbocycles. The van der Waals surface area contributed by atoms with Crippen LogP contribution in [0.3, 0.4) is 0 Å². The number of anilines is 1. The number of methoxy groups -OCH3 is 1. The first-order valence-corrected chi connectivity index (χ1v) is 10.2. The van der Waals surface area contributed by atoms with Gasteiger partial charge in [-0.25, -0.2) is 8.42 Å². The van der Waals surface area contributed by atoms with E-state index in [1.807, 2.05) is 18.3 Å². The molecule has 0 N–H and O–H groups in total. The quantitative estimate of drug-likeness (QED) is 0.735. The third-order valence-electron chi connectivity index (χ3n) is 4.67. The summed E-state index contributed by atoms with van der Waals surface area (Å²) in [7, 11) is -1.61. The summed E-state index contributed by atoms with van der Waals surface area (Å²) in [4.78, 5) is 6.74. The van der Waals surface area contributed by atoms with Crippen LogP contribution in [-0.2, 0) is 14.8 Å². The van der Waals surface area contributed by atoms with Gasteiger partial charge < -0.3 is 9.64 Å². The van der Waals surface area contributed by atoms with Crippen molar-refractivity contribution < 1.29 is 13.2 Å². The van der Waals surface area contributed by atoms with Gasteiger partial charge in [0.25, 0.3) is 0 Å². The third-order valence-corrected chi connectivity index (χ3v) is 6.63. The summed E-state index contributed by atoms with van der Waals surface area (Å²) in [5.41, 5.74) is 3.29. The van der Waals surface area contributed by atoms with E-state index in [0.29, 0.717) is 39.2 Å². The molecule has 1 aliphatic rings. The van der Waals surface area contributed by atoms with Crippen LogP contribution < -0.4 is 4.90 Å². The number of para-hydroxylation sites is 1. The van der Waals surface area contributed by atoms with E-state index in [4.69, 9.17) is 4.74 Å². The van der Waals surface area contributed by atoms with E-state index in [9.17, 15) is 8.42 Å². The Labute approximate surface area is 149 Å². The third kappa shape index (κ3) is 3.94. The van der Waals surface area contributed by atoms with Gasteiger partial charge in [-0.2, -0.15) is 4.31 Å². The lowest BCUT2D eigenvalue weighted by Crippen LogP contribution is -2.49. The van der Waals surface area contributed by atoms with Crippen LogP contribution in [0.5, 0.6) is 0 Å². The molecule has 0 radical (unpaired) electrons. The van der Waals surface area contributed by atoms with Gasteiger partial charge in [-0.15, -0.1) is 0 Å². The molecule has 2 heterocycles. The highest BCUT2D eigenvalue weighted by Gasteiger charge is 2.27. The lowest BCUT2D eigenvalue weighted by molar-refractivity contribution is 0.199. The Morgan fingerprint density at radius 2 is 1.92 bits per heavy atom. The molecule has 1 fully saturated rings. The maximum absolute atomic E-state index is 12.4. The molecule has 0 unspecified atom stereocenters. The molecule has 2 aromatic rings. The number of piperazine rings is 1. The number of aryl methyl sites for hydroxylation is 1. The minimum atomic E-state index is -3.20. The van der Waals surface area contributed by atoms with E-state index < -0.39 is 10.0 Å². The van der Waals surface area contributed by atoms with Gasteiger partial charge in [-0.3, -0.25) is 4.98 Å². The van der Waals surface area contributed by atoms with Crippen LogP contribution in [0.1, 0.15) is 12.0 Å². The second kappa shape index (κ2) is 7.68. The largest absolute Gasteiger partial charge is 0.385 e. The van der Waals surface area contributed by atoms with Crippen molar-refractivity contribution in [2.45, 2.75) is 13.3 Å². The van der Waals surface area contributed by atoms with Gasteiger partial charge in [-0.05, 0) is 25.0 Å². The van der Waals surface area contributed by atoms with Crippen LogP contribution in [0.4, 0.5) is 5.69 Å². The van der Waals surface area contributed by atoms with Crippen molar-refractivity contribution in [2.75, 3.05) is 50.5 Å². The predicted octanol–water partition coefficient (Wildman–Crippen LogP) is 2.03. The van der Waals surface area contributed by atoms with E-state index in [2.05, 4.69) is 28.9 Å². The molecule has 1 aromatic heterocycles. The van der Waals surface area contributed by atoms with Crippen molar-refractivity contribution in [3.05, 3.63) is 36.0 Å². The van der Waals surface area contributed by atoms with Gasteiger partial charge >= 0.3 is 0 Å². The summed E-state index contributed by atoms with van der Waals surface area (Å²) in [6, 6.07) is 8.20. The van der Waals surface area contributed by atoms with Gasteiger partial charge in [0.2, 0.25) is 10.0 Å². The number of rotatable bonds is 6. The number of sulfonamides is 1. The van der Waals surface area contributed by atoms with E-state index in [-0.39, 0.29) is 5.75 Å². The van der Waals surface area contributed by atoms with E-state index >= 15 is 0 Å². The van der Waals surface area contributed by atoms with E-state index in [0.717, 1.165) is 22.2 Å². The van der Waals surface area contributed by atoms with Crippen molar-refractivity contribution in [3.63, 3.8) is 0 Å². The van der Waals surface area contributed by atoms with Crippen LogP contribution in [0.2, 0.25) is 0 Å². The highest BCUT2D eigenvalue weighted by molar-refractivity contribution is 7.89. The zero-order valence-corrected chi connectivity index (χ0v) is 15.6. The van der Waals surface area contributed by atoms with Gasteiger partial charge in [0.05, 0.1) is 11.3 Å². The Balaban J connectivity index is 1.72. The fourth-order valence-corrected chi connectivity index (χ4v) is 4.77.